The van der Waals surface area contributed by atoms with Crippen molar-refractivity contribution in [3.8, 4) is 56.8 Å². The van der Waals surface area contributed by atoms with Gasteiger partial charge < -0.3 is 34.3 Å². The van der Waals surface area contributed by atoms with E-state index in [1.807, 2.05) is 5.01 Å². The predicted molar refractivity (Wildman–Crippen MR) is 132 cm³/mol. The van der Waals surface area contributed by atoms with E-state index in [9.17, 15) is 15.3 Å². The number of rotatable bonds is 8. The number of ether oxygens (including phenoxy) is 4. The van der Waals surface area contributed by atoms with Crippen LogP contribution in [-0.4, -0.2) is 73.7 Å². The van der Waals surface area contributed by atoms with Gasteiger partial charge in [-0.3, -0.25) is 5.01 Å². The van der Waals surface area contributed by atoms with Crippen LogP contribution in [0.1, 0.15) is 0 Å². The molecule has 1 saturated heterocycles. The summed E-state index contributed by atoms with van der Waals surface area (Å²) in [6, 6.07) is 13.1. The molecular weight excluding hydrogens is 452 g/mol. The van der Waals surface area contributed by atoms with E-state index in [0.29, 0.717) is 35.7 Å². The standard InChI is InChI=1S/C26H28N2O7/c1-32-23-16-20(17-3-6-19(29)7-4-17)26(33-2)25(31)24(23)18-5-8-22(21(30)15-18)35-12-9-27-28-10-13-34-14-11-28/h3-9,15-16,29-31H,10-14H2,1-2H3/b27-9+. The maximum Gasteiger partial charge on any atom is 0.170 e. The van der Waals surface area contributed by atoms with E-state index in [1.165, 1.54) is 20.3 Å². The van der Waals surface area contributed by atoms with Crippen molar-refractivity contribution in [2.75, 3.05) is 47.1 Å². The Bertz CT molecular complexity index is 1190. The number of aromatic hydroxyl groups is 3. The predicted octanol–water partition coefficient (Wildman–Crippen LogP) is 3.85. The average molecular weight is 481 g/mol. The highest BCUT2D eigenvalue weighted by atomic mass is 16.5. The Hall–Kier alpha value is -4.11. The van der Waals surface area contributed by atoms with Gasteiger partial charge >= 0.3 is 0 Å². The van der Waals surface area contributed by atoms with Gasteiger partial charge in [-0.1, -0.05) is 18.2 Å². The lowest BCUT2D eigenvalue weighted by Gasteiger charge is -2.23. The first-order valence-electron chi connectivity index (χ1n) is 11.1. The molecule has 0 atom stereocenters. The van der Waals surface area contributed by atoms with Gasteiger partial charge in [0.25, 0.3) is 0 Å². The van der Waals surface area contributed by atoms with Crippen molar-refractivity contribution in [3.05, 3.63) is 48.5 Å². The van der Waals surface area contributed by atoms with Crippen LogP contribution in [0.15, 0.2) is 53.6 Å². The van der Waals surface area contributed by atoms with Crippen LogP contribution in [0.2, 0.25) is 0 Å². The molecule has 1 aliphatic rings. The molecule has 35 heavy (non-hydrogen) atoms. The Morgan fingerprint density at radius 2 is 1.63 bits per heavy atom. The Kier molecular flexibility index (Phi) is 7.47. The highest BCUT2D eigenvalue weighted by Crippen LogP contribution is 2.50. The summed E-state index contributed by atoms with van der Waals surface area (Å²) in [5.41, 5.74) is 2.20. The van der Waals surface area contributed by atoms with Gasteiger partial charge in [0, 0.05) is 5.56 Å². The summed E-state index contributed by atoms with van der Waals surface area (Å²) in [5, 5.41) is 37.5. The summed E-state index contributed by atoms with van der Waals surface area (Å²) in [5.74, 6) is 0.813. The molecule has 0 spiro atoms. The minimum Gasteiger partial charge on any atom is -0.508 e. The third kappa shape index (κ3) is 5.36. The summed E-state index contributed by atoms with van der Waals surface area (Å²) in [4.78, 5) is 0. The highest BCUT2D eigenvalue weighted by molar-refractivity contribution is 5.88. The van der Waals surface area contributed by atoms with Crippen molar-refractivity contribution in [1.29, 1.82) is 0 Å². The van der Waals surface area contributed by atoms with Crippen LogP contribution in [0, 0.1) is 0 Å². The molecule has 4 rings (SSSR count). The number of nitrogens with zero attached hydrogens (tertiary/aromatic N) is 2. The summed E-state index contributed by atoms with van der Waals surface area (Å²) in [6.45, 7) is 2.95. The topological polar surface area (TPSA) is 113 Å². The molecule has 9 heteroatoms. The zero-order chi connectivity index (χ0) is 24.8. The summed E-state index contributed by atoms with van der Waals surface area (Å²) < 4.78 is 22.0. The second-order valence-electron chi connectivity index (χ2n) is 7.79. The minimum absolute atomic E-state index is 0.0923. The molecule has 0 radical (unpaired) electrons. The molecule has 0 amide bonds. The molecule has 0 bridgehead atoms. The third-order valence-corrected chi connectivity index (χ3v) is 5.61. The first-order valence-corrected chi connectivity index (χ1v) is 11.1. The number of methoxy groups -OCH3 is 2. The fourth-order valence-corrected chi connectivity index (χ4v) is 3.87. The van der Waals surface area contributed by atoms with Gasteiger partial charge in [0.2, 0.25) is 0 Å². The van der Waals surface area contributed by atoms with E-state index in [4.69, 9.17) is 18.9 Å². The Balaban J connectivity index is 1.59. The third-order valence-electron chi connectivity index (χ3n) is 5.61. The highest BCUT2D eigenvalue weighted by Gasteiger charge is 2.22. The van der Waals surface area contributed by atoms with Gasteiger partial charge in [0.05, 0.1) is 52.3 Å². The van der Waals surface area contributed by atoms with Crippen molar-refractivity contribution < 1.29 is 34.3 Å². The number of benzene rings is 3. The number of phenols is 3. The number of hydrogen-bond acceptors (Lipinski definition) is 9. The Morgan fingerprint density at radius 3 is 2.29 bits per heavy atom. The van der Waals surface area contributed by atoms with Crippen LogP contribution >= 0.6 is 0 Å². The molecule has 1 fully saturated rings. The van der Waals surface area contributed by atoms with Gasteiger partial charge in [-0.05, 0) is 41.5 Å². The van der Waals surface area contributed by atoms with Gasteiger partial charge in [0.1, 0.15) is 18.1 Å². The van der Waals surface area contributed by atoms with Crippen molar-refractivity contribution in [3.63, 3.8) is 0 Å². The molecule has 184 valence electrons. The first-order chi connectivity index (χ1) is 17.0. The lowest BCUT2D eigenvalue weighted by atomic mass is 9.96. The second kappa shape index (κ2) is 10.9. The normalized spacial score (nSPS) is 13.7. The van der Waals surface area contributed by atoms with Crippen LogP contribution in [-0.2, 0) is 4.74 Å². The fraction of sp³-hybridized carbons (Fsp3) is 0.269. The van der Waals surface area contributed by atoms with Crippen LogP contribution in [0.4, 0.5) is 0 Å². The molecule has 9 nitrogen and oxygen atoms in total. The average Bonchev–Trinajstić information content (AvgIpc) is 2.88. The second-order valence-corrected chi connectivity index (χ2v) is 7.79. The molecule has 0 unspecified atom stereocenters. The minimum atomic E-state index is -0.138. The molecule has 3 aromatic carbocycles. The molecule has 1 aliphatic heterocycles. The molecule has 0 aromatic heterocycles. The first kappa shape index (κ1) is 24.0. The van der Waals surface area contributed by atoms with Gasteiger partial charge in [-0.15, -0.1) is 0 Å². The molecule has 3 aromatic rings. The zero-order valence-electron chi connectivity index (χ0n) is 19.6. The number of hydrogen-bond donors (Lipinski definition) is 3. The lowest BCUT2D eigenvalue weighted by molar-refractivity contribution is 0.0394. The number of phenolic OH excluding ortho intramolecular Hbond substituents is 3. The van der Waals surface area contributed by atoms with Gasteiger partial charge in [-0.2, -0.15) is 5.10 Å². The summed E-state index contributed by atoms with van der Waals surface area (Å²) >= 11 is 0. The quantitative estimate of drug-likeness (QED) is 0.417. The molecule has 3 N–H and O–H groups in total. The van der Waals surface area contributed by atoms with E-state index in [2.05, 4.69) is 5.10 Å². The molecular formula is C26H28N2O7. The van der Waals surface area contributed by atoms with Crippen LogP contribution in [0.5, 0.6) is 34.5 Å². The van der Waals surface area contributed by atoms with E-state index < -0.39 is 0 Å². The molecule has 0 saturated carbocycles. The number of morpholine rings is 1. The van der Waals surface area contributed by atoms with Gasteiger partial charge in [-0.25, -0.2) is 0 Å². The van der Waals surface area contributed by atoms with Gasteiger partial charge in [0.15, 0.2) is 23.0 Å². The fourth-order valence-electron chi connectivity index (χ4n) is 3.87. The Labute approximate surface area is 203 Å². The van der Waals surface area contributed by atoms with E-state index in [0.717, 1.165) is 18.7 Å². The summed E-state index contributed by atoms with van der Waals surface area (Å²) in [6.07, 6.45) is 1.64. The van der Waals surface area contributed by atoms with E-state index in [1.54, 1.807) is 48.7 Å². The smallest absolute Gasteiger partial charge is 0.170 e. The Morgan fingerprint density at radius 1 is 0.914 bits per heavy atom. The molecule has 1 heterocycles. The largest absolute Gasteiger partial charge is 0.508 e. The van der Waals surface area contributed by atoms with Crippen LogP contribution in [0.25, 0.3) is 22.3 Å². The van der Waals surface area contributed by atoms with Crippen molar-refractivity contribution >= 4 is 6.21 Å². The maximum absolute atomic E-state index is 11.1. The monoisotopic (exact) mass is 480 g/mol. The van der Waals surface area contributed by atoms with Crippen LogP contribution < -0.4 is 14.2 Å². The molecule has 0 aliphatic carbocycles. The van der Waals surface area contributed by atoms with E-state index >= 15 is 0 Å². The maximum atomic E-state index is 11.1. The zero-order valence-corrected chi connectivity index (χ0v) is 19.6. The van der Waals surface area contributed by atoms with Crippen molar-refractivity contribution in [2.24, 2.45) is 5.10 Å². The SMILES string of the molecule is COc1cc(-c2ccc(O)cc2)c(OC)c(O)c1-c1ccc(OC/C=N/N2CCOCC2)c(O)c1. The lowest BCUT2D eigenvalue weighted by Crippen LogP contribution is -2.32. The van der Waals surface area contributed by atoms with Crippen molar-refractivity contribution in [1.82, 2.24) is 5.01 Å². The number of hydrazone groups is 1. The van der Waals surface area contributed by atoms with Crippen molar-refractivity contribution in [2.45, 2.75) is 0 Å². The van der Waals surface area contributed by atoms with Crippen LogP contribution in [0.3, 0.4) is 0 Å². The van der Waals surface area contributed by atoms with E-state index in [-0.39, 0.29) is 35.4 Å². The summed E-state index contributed by atoms with van der Waals surface area (Å²) in [7, 11) is 2.96.